The Bertz CT molecular complexity index is 926. The van der Waals surface area contributed by atoms with Crippen molar-refractivity contribution in [2.24, 2.45) is 0 Å². The number of hydrogen-bond donors (Lipinski definition) is 2. The number of methoxy groups -OCH3 is 1. The van der Waals surface area contributed by atoms with Crippen LogP contribution in [0.4, 0.5) is 10.1 Å². The largest absolute Gasteiger partial charge is 0.497 e. The summed E-state index contributed by atoms with van der Waals surface area (Å²) in [5.41, 5.74) is 6.41. The number of benzene rings is 2. The third-order valence-corrected chi connectivity index (χ3v) is 5.26. The van der Waals surface area contributed by atoms with Crippen molar-refractivity contribution in [2.75, 3.05) is 38.2 Å². The number of piperazine rings is 1. The van der Waals surface area contributed by atoms with Crippen LogP contribution in [-0.4, -0.2) is 55.9 Å². The maximum atomic E-state index is 13.1. The van der Waals surface area contributed by atoms with Gasteiger partial charge < -0.3 is 14.5 Å². The van der Waals surface area contributed by atoms with Gasteiger partial charge in [0.05, 0.1) is 13.5 Å². The first-order valence-electron chi connectivity index (χ1n) is 10.4. The molecule has 3 amide bonds. The maximum Gasteiger partial charge on any atom is 0.242 e. The Morgan fingerprint density at radius 1 is 0.875 bits per heavy atom. The SMILES string of the molecule is COc1ccc(CC(=O)NNC(=O)CCC(=O)N2CCN(c3ccc(F)cc3)CC2)cc1. The van der Waals surface area contributed by atoms with E-state index in [1.165, 1.54) is 12.1 Å². The molecular formula is C23H27FN4O4. The number of ether oxygens (including phenoxy) is 1. The average molecular weight is 442 g/mol. The van der Waals surface area contributed by atoms with E-state index in [2.05, 4.69) is 15.8 Å². The molecule has 1 heterocycles. The predicted molar refractivity (Wildman–Crippen MR) is 117 cm³/mol. The number of rotatable bonds is 7. The van der Waals surface area contributed by atoms with Crippen LogP contribution in [0, 0.1) is 5.82 Å². The summed E-state index contributed by atoms with van der Waals surface area (Å²) in [6.45, 7) is 2.36. The minimum atomic E-state index is -0.425. The number of nitrogens with one attached hydrogen (secondary N) is 2. The second kappa shape index (κ2) is 11.1. The van der Waals surface area contributed by atoms with Crippen LogP contribution < -0.4 is 20.5 Å². The molecule has 0 radical (unpaired) electrons. The van der Waals surface area contributed by atoms with Crippen molar-refractivity contribution in [2.45, 2.75) is 19.3 Å². The standard InChI is InChI=1S/C23H27FN4O4/c1-32-20-8-2-17(3-9-20)16-22(30)26-25-21(29)10-11-23(31)28-14-12-27(13-15-28)19-6-4-18(24)5-7-19/h2-9H,10-16H2,1H3,(H,25,29)(H,26,30). The normalized spacial score (nSPS) is 13.4. The van der Waals surface area contributed by atoms with E-state index in [9.17, 15) is 18.8 Å². The Hall–Kier alpha value is -3.62. The minimum Gasteiger partial charge on any atom is -0.497 e. The topological polar surface area (TPSA) is 91.0 Å². The van der Waals surface area contributed by atoms with Crippen molar-refractivity contribution in [1.82, 2.24) is 15.8 Å². The van der Waals surface area contributed by atoms with Gasteiger partial charge in [-0.05, 0) is 42.0 Å². The van der Waals surface area contributed by atoms with Crippen molar-refractivity contribution in [3.8, 4) is 5.75 Å². The lowest BCUT2D eigenvalue weighted by Gasteiger charge is -2.36. The summed E-state index contributed by atoms with van der Waals surface area (Å²) in [7, 11) is 1.57. The number of carbonyl (C=O) groups is 3. The Morgan fingerprint density at radius 3 is 2.12 bits per heavy atom. The van der Waals surface area contributed by atoms with Crippen LogP contribution in [0.5, 0.6) is 5.75 Å². The molecule has 1 aliphatic rings. The molecule has 0 aromatic heterocycles. The van der Waals surface area contributed by atoms with Gasteiger partial charge in [0.2, 0.25) is 17.7 Å². The first-order valence-corrected chi connectivity index (χ1v) is 10.4. The van der Waals surface area contributed by atoms with Crippen LogP contribution in [0.2, 0.25) is 0 Å². The van der Waals surface area contributed by atoms with Crippen molar-refractivity contribution < 1.29 is 23.5 Å². The summed E-state index contributed by atoms with van der Waals surface area (Å²) in [5.74, 6) is -0.469. The van der Waals surface area contributed by atoms with Gasteiger partial charge in [0, 0.05) is 44.7 Å². The van der Waals surface area contributed by atoms with E-state index in [0.29, 0.717) is 31.9 Å². The van der Waals surface area contributed by atoms with Crippen LogP contribution in [0.15, 0.2) is 48.5 Å². The zero-order valence-electron chi connectivity index (χ0n) is 18.0. The summed E-state index contributed by atoms with van der Waals surface area (Å²) in [5, 5.41) is 0. The highest BCUT2D eigenvalue weighted by Crippen LogP contribution is 2.17. The highest BCUT2D eigenvalue weighted by Gasteiger charge is 2.21. The van der Waals surface area contributed by atoms with Crippen LogP contribution in [0.1, 0.15) is 18.4 Å². The number of halogens is 1. The molecule has 0 atom stereocenters. The van der Waals surface area contributed by atoms with Gasteiger partial charge in [0.1, 0.15) is 11.6 Å². The van der Waals surface area contributed by atoms with E-state index in [1.54, 1.807) is 48.4 Å². The Morgan fingerprint density at radius 2 is 1.50 bits per heavy atom. The van der Waals surface area contributed by atoms with Gasteiger partial charge in [-0.3, -0.25) is 25.2 Å². The van der Waals surface area contributed by atoms with Gasteiger partial charge in [-0.25, -0.2) is 4.39 Å². The number of nitrogens with zero attached hydrogens (tertiary/aromatic N) is 2. The molecule has 9 heteroatoms. The fraction of sp³-hybridized carbons (Fsp3) is 0.348. The van der Waals surface area contributed by atoms with Crippen LogP contribution in [-0.2, 0) is 20.8 Å². The Balaban J connectivity index is 1.33. The third-order valence-electron chi connectivity index (χ3n) is 5.26. The molecule has 2 N–H and O–H groups in total. The molecule has 0 saturated carbocycles. The number of anilines is 1. The first-order chi connectivity index (χ1) is 15.4. The number of carbonyl (C=O) groups excluding carboxylic acids is 3. The molecule has 1 fully saturated rings. The zero-order valence-corrected chi connectivity index (χ0v) is 18.0. The van der Waals surface area contributed by atoms with Crippen molar-refractivity contribution >= 4 is 23.4 Å². The molecule has 1 aliphatic heterocycles. The zero-order chi connectivity index (χ0) is 22.9. The summed E-state index contributed by atoms with van der Waals surface area (Å²) >= 11 is 0. The smallest absolute Gasteiger partial charge is 0.242 e. The number of hydrogen-bond acceptors (Lipinski definition) is 5. The molecule has 3 rings (SSSR count). The monoisotopic (exact) mass is 442 g/mol. The molecule has 1 saturated heterocycles. The maximum absolute atomic E-state index is 13.1. The summed E-state index contributed by atoms with van der Waals surface area (Å²) in [6, 6.07) is 13.3. The minimum absolute atomic E-state index is 0.0141. The van der Waals surface area contributed by atoms with Gasteiger partial charge >= 0.3 is 0 Å². The summed E-state index contributed by atoms with van der Waals surface area (Å²) < 4.78 is 18.1. The first kappa shape index (κ1) is 23.1. The Kier molecular flexibility index (Phi) is 8.02. The fourth-order valence-electron chi connectivity index (χ4n) is 3.42. The molecule has 8 nitrogen and oxygen atoms in total. The third kappa shape index (κ3) is 6.69. The van der Waals surface area contributed by atoms with Gasteiger partial charge in [0.15, 0.2) is 0 Å². The molecule has 0 unspecified atom stereocenters. The van der Waals surface area contributed by atoms with E-state index >= 15 is 0 Å². The summed E-state index contributed by atoms with van der Waals surface area (Å²) in [4.78, 5) is 40.2. The van der Waals surface area contributed by atoms with E-state index in [1.807, 2.05) is 0 Å². The number of hydrazine groups is 1. The lowest BCUT2D eigenvalue weighted by atomic mass is 10.1. The van der Waals surface area contributed by atoms with E-state index in [0.717, 1.165) is 11.3 Å². The fourth-order valence-corrected chi connectivity index (χ4v) is 3.42. The molecule has 0 bridgehead atoms. The summed E-state index contributed by atoms with van der Waals surface area (Å²) in [6.07, 6.45) is 0.165. The molecule has 2 aromatic rings. The van der Waals surface area contributed by atoms with Crippen molar-refractivity contribution in [3.63, 3.8) is 0 Å². The van der Waals surface area contributed by atoms with Gasteiger partial charge in [-0.1, -0.05) is 12.1 Å². The predicted octanol–water partition coefficient (Wildman–Crippen LogP) is 1.65. The molecule has 170 valence electrons. The average Bonchev–Trinajstić information content (AvgIpc) is 2.82. The van der Waals surface area contributed by atoms with Gasteiger partial charge in [0.25, 0.3) is 0 Å². The molecule has 32 heavy (non-hydrogen) atoms. The number of amides is 3. The second-order valence-corrected chi connectivity index (χ2v) is 7.47. The van der Waals surface area contributed by atoms with Crippen molar-refractivity contribution in [3.05, 3.63) is 59.9 Å². The van der Waals surface area contributed by atoms with Crippen LogP contribution >= 0.6 is 0 Å². The molecule has 0 spiro atoms. The second-order valence-electron chi connectivity index (χ2n) is 7.47. The molecule has 0 aliphatic carbocycles. The van der Waals surface area contributed by atoms with Crippen LogP contribution in [0.3, 0.4) is 0 Å². The van der Waals surface area contributed by atoms with Gasteiger partial charge in [-0.2, -0.15) is 0 Å². The highest BCUT2D eigenvalue weighted by atomic mass is 19.1. The van der Waals surface area contributed by atoms with E-state index in [-0.39, 0.29) is 36.9 Å². The van der Waals surface area contributed by atoms with Crippen molar-refractivity contribution in [1.29, 1.82) is 0 Å². The Labute approximate surface area is 186 Å². The molecular weight excluding hydrogens is 415 g/mol. The highest BCUT2D eigenvalue weighted by molar-refractivity contribution is 5.86. The quantitative estimate of drug-likeness (QED) is 0.637. The lowest BCUT2D eigenvalue weighted by molar-refractivity contribution is -0.134. The van der Waals surface area contributed by atoms with E-state index < -0.39 is 5.91 Å². The molecule has 2 aromatic carbocycles. The van der Waals surface area contributed by atoms with E-state index in [4.69, 9.17) is 4.74 Å². The van der Waals surface area contributed by atoms with Gasteiger partial charge in [-0.15, -0.1) is 0 Å². The lowest BCUT2D eigenvalue weighted by Crippen LogP contribution is -2.49. The van der Waals surface area contributed by atoms with Crippen LogP contribution in [0.25, 0.3) is 0 Å².